The van der Waals surface area contributed by atoms with Gasteiger partial charge in [-0.3, -0.25) is 5.43 Å². The molecule has 2 nitrogen and oxygen atoms in total. The molecule has 1 saturated heterocycles. The lowest BCUT2D eigenvalue weighted by molar-refractivity contribution is 0.171. The fourth-order valence-electron chi connectivity index (χ4n) is 1.12. The van der Waals surface area contributed by atoms with E-state index < -0.39 is 0 Å². The van der Waals surface area contributed by atoms with Crippen molar-refractivity contribution >= 4 is 0 Å². The molecule has 1 aliphatic rings. The number of nitrogens with zero attached hydrogens (tertiary/aromatic N) is 1. The molecule has 0 aliphatic carbocycles. The van der Waals surface area contributed by atoms with Crippen molar-refractivity contribution in [2.45, 2.75) is 19.3 Å². The highest BCUT2D eigenvalue weighted by Crippen LogP contribution is 2.04. The third kappa shape index (κ3) is 1.46. The summed E-state index contributed by atoms with van der Waals surface area (Å²) < 4.78 is 0. The molecule has 0 bridgehead atoms. The van der Waals surface area contributed by atoms with E-state index in [-0.39, 0.29) is 1.43 Å². The van der Waals surface area contributed by atoms with Crippen LogP contribution < -0.4 is 5.43 Å². The van der Waals surface area contributed by atoms with Gasteiger partial charge in [-0.05, 0) is 19.9 Å². The van der Waals surface area contributed by atoms with Gasteiger partial charge in [-0.25, -0.2) is 5.01 Å². The predicted octanol–water partition coefficient (Wildman–Crippen LogP) is 0.853. The third-order valence-electron chi connectivity index (χ3n) is 1.67. The predicted molar refractivity (Wildman–Crippen MR) is 36.6 cm³/mol. The van der Waals surface area contributed by atoms with Gasteiger partial charge in [-0.2, -0.15) is 0 Å². The second-order valence-electron chi connectivity index (χ2n) is 2.27. The number of nitrogens with one attached hydrogen (secondary N) is 1. The summed E-state index contributed by atoms with van der Waals surface area (Å²) in [6.07, 6.45) is 4.14. The molecule has 50 valence electrons. The summed E-state index contributed by atoms with van der Waals surface area (Å²) in [5, 5.41) is 2.27. The number of hydrogen-bond acceptors (Lipinski definition) is 2. The van der Waals surface area contributed by atoms with Gasteiger partial charge in [0.25, 0.3) is 0 Å². The number of piperidine rings is 1. The molecule has 8 heavy (non-hydrogen) atoms. The molecule has 0 saturated carbocycles. The Morgan fingerprint density at radius 3 is 2.25 bits per heavy atom. The first-order chi connectivity index (χ1) is 3.93. The van der Waals surface area contributed by atoms with Crippen molar-refractivity contribution in [3.63, 3.8) is 0 Å². The maximum absolute atomic E-state index is 3.14. The molecule has 0 radical (unpaired) electrons. The van der Waals surface area contributed by atoms with E-state index in [0.717, 1.165) is 0 Å². The van der Waals surface area contributed by atoms with Crippen LogP contribution in [0.2, 0.25) is 0 Å². The molecule has 1 rings (SSSR count). The summed E-state index contributed by atoms with van der Waals surface area (Å²) >= 11 is 0. The summed E-state index contributed by atoms with van der Waals surface area (Å²) in [6.45, 7) is 2.47. The minimum absolute atomic E-state index is 0. The van der Waals surface area contributed by atoms with E-state index in [1.807, 2.05) is 7.05 Å². The molecule has 0 atom stereocenters. The van der Waals surface area contributed by atoms with Crippen LogP contribution in [0.1, 0.15) is 20.7 Å². The van der Waals surface area contributed by atoms with Crippen LogP contribution in [0.5, 0.6) is 0 Å². The van der Waals surface area contributed by atoms with Crippen LogP contribution in [0.3, 0.4) is 0 Å². The molecule has 1 heterocycles. The van der Waals surface area contributed by atoms with Crippen LogP contribution in [-0.2, 0) is 0 Å². The summed E-state index contributed by atoms with van der Waals surface area (Å²) in [6, 6.07) is 0. The SMILES string of the molecule is CNN1CCCCC1.[HH]. The average molecular weight is 116 g/mol. The zero-order chi connectivity index (χ0) is 5.82. The molecule has 0 aromatic carbocycles. The maximum atomic E-state index is 3.14. The first-order valence-corrected chi connectivity index (χ1v) is 3.36. The van der Waals surface area contributed by atoms with Crippen molar-refractivity contribution in [2.75, 3.05) is 20.1 Å². The molecule has 0 spiro atoms. The standard InChI is InChI=1S/C6H14N2.H2/c1-7-8-5-3-2-4-6-8;/h7H,2-6H2,1H3;1H. The van der Waals surface area contributed by atoms with Crippen LogP contribution in [0.4, 0.5) is 0 Å². The lowest BCUT2D eigenvalue weighted by Crippen LogP contribution is -2.38. The van der Waals surface area contributed by atoms with Gasteiger partial charge in [0.05, 0.1) is 0 Å². The van der Waals surface area contributed by atoms with Gasteiger partial charge >= 0.3 is 0 Å². The van der Waals surface area contributed by atoms with Crippen LogP contribution >= 0.6 is 0 Å². The molecular weight excluding hydrogens is 100 g/mol. The molecule has 0 aromatic heterocycles. The van der Waals surface area contributed by atoms with E-state index in [4.69, 9.17) is 0 Å². The summed E-state index contributed by atoms with van der Waals surface area (Å²) in [5.41, 5.74) is 3.14. The Balaban J connectivity index is 0.000000640. The Kier molecular flexibility index (Phi) is 2.30. The van der Waals surface area contributed by atoms with Crippen molar-refractivity contribution in [2.24, 2.45) is 0 Å². The minimum atomic E-state index is 0. The van der Waals surface area contributed by atoms with Crippen molar-refractivity contribution in [3.8, 4) is 0 Å². The highest BCUT2D eigenvalue weighted by atomic mass is 15.5. The second-order valence-corrected chi connectivity index (χ2v) is 2.27. The van der Waals surface area contributed by atoms with Gasteiger partial charge in [0.15, 0.2) is 0 Å². The fourth-order valence-corrected chi connectivity index (χ4v) is 1.12. The molecule has 2 heteroatoms. The minimum Gasteiger partial charge on any atom is -0.258 e. The number of rotatable bonds is 1. The maximum Gasteiger partial charge on any atom is 0.0130 e. The highest BCUT2D eigenvalue weighted by molar-refractivity contribution is 4.58. The van der Waals surface area contributed by atoms with E-state index in [1.165, 1.54) is 32.4 Å². The summed E-state index contributed by atoms with van der Waals surface area (Å²) in [5.74, 6) is 0. The largest absolute Gasteiger partial charge is 0.258 e. The molecular formula is C6H16N2. The Hall–Kier alpha value is -0.0800. The van der Waals surface area contributed by atoms with Gasteiger partial charge in [0.2, 0.25) is 0 Å². The van der Waals surface area contributed by atoms with E-state index in [1.54, 1.807) is 0 Å². The highest BCUT2D eigenvalue weighted by Gasteiger charge is 2.05. The lowest BCUT2D eigenvalue weighted by atomic mass is 10.2. The zero-order valence-electron chi connectivity index (χ0n) is 5.48. The third-order valence-corrected chi connectivity index (χ3v) is 1.67. The van der Waals surface area contributed by atoms with E-state index in [9.17, 15) is 0 Å². The lowest BCUT2D eigenvalue weighted by Gasteiger charge is -2.24. The Morgan fingerprint density at radius 2 is 1.88 bits per heavy atom. The van der Waals surface area contributed by atoms with Gasteiger partial charge in [0, 0.05) is 14.5 Å². The fraction of sp³-hybridized carbons (Fsp3) is 1.00. The van der Waals surface area contributed by atoms with Gasteiger partial charge in [-0.1, -0.05) is 6.42 Å². The van der Waals surface area contributed by atoms with Crippen LogP contribution in [0, 0.1) is 0 Å². The first kappa shape index (κ1) is 6.05. The molecule has 0 unspecified atom stereocenters. The molecule has 0 aromatic rings. The topological polar surface area (TPSA) is 15.3 Å². The smallest absolute Gasteiger partial charge is 0.0130 e. The van der Waals surface area contributed by atoms with Crippen molar-refractivity contribution in [3.05, 3.63) is 0 Å². The van der Waals surface area contributed by atoms with E-state index in [0.29, 0.717) is 0 Å². The second kappa shape index (κ2) is 3.05. The van der Waals surface area contributed by atoms with E-state index >= 15 is 0 Å². The first-order valence-electron chi connectivity index (χ1n) is 3.36. The number of hydrogen-bond donors (Lipinski definition) is 1. The molecule has 1 N–H and O–H groups in total. The van der Waals surface area contributed by atoms with Crippen LogP contribution in [0.15, 0.2) is 0 Å². The van der Waals surface area contributed by atoms with Crippen molar-refractivity contribution < 1.29 is 1.43 Å². The average Bonchev–Trinajstić information content (AvgIpc) is 1.90. The van der Waals surface area contributed by atoms with Gasteiger partial charge < -0.3 is 0 Å². The Morgan fingerprint density at radius 1 is 1.25 bits per heavy atom. The van der Waals surface area contributed by atoms with Gasteiger partial charge in [-0.15, -0.1) is 0 Å². The van der Waals surface area contributed by atoms with Crippen LogP contribution in [0.25, 0.3) is 0 Å². The van der Waals surface area contributed by atoms with Crippen LogP contribution in [-0.4, -0.2) is 25.1 Å². The molecule has 0 amide bonds. The van der Waals surface area contributed by atoms with Gasteiger partial charge in [0.1, 0.15) is 0 Å². The van der Waals surface area contributed by atoms with Crippen molar-refractivity contribution in [1.82, 2.24) is 10.4 Å². The van der Waals surface area contributed by atoms with E-state index in [2.05, 4.69) is 10.4 Å². The summed E-state index contributed by atoms with van der Waals surface area (Å²) in [7, 11) is 1.99. The Labute approximate surface area is 52.3 Å². The summed E-state index contributed by atoms with van der Waals surface area (Å²) in [4.78, 5) is 0. The zero-order valence-corrected chi connectivity index (χ0v) is 5.48. The quantitative estimate of drug-likeness (QED) is 0.546. The Bertz CT molecular complexity index is 62.1. The number of hydrazine groups is 1. The molecule has 1 aliphatic heterocycles. The normalized spacial score (nSPS) is 23.6. The molecule has 1 fully saturated rings. The monoisotopic (exact) mass is 116 g/mol. The van der Waals surface area contributed by atoms with Crippen molar-refractivity contribution in [1.29, 1.82) is 0 Å².